The van der Waals surface area contributed by atoms with Gasteiger partial charge in [0.2, 0.25) is 5.91 Å². The normalized spacial score (nSPS) is 18.8. The van der Waals surface area contributed by atoms with Gasteiger partial charge in [-0.2, -0.15) is 0 Å². The molecule has 3 rings (SSSR count). The molecular formula is C19H23Cl2N3O2. The Morgan fingerprint density at radius 3 is 3.00 bits per heavy atom. The highest BCUT2D eigenvalue weighted by Crippen LogP contribution is 2.31. The zero-order chi connectivity index (χ0) is 18.7. The van der Waals surface area contributed by atoms with Crippen molar-refractivity contribution >= 4 is 29.1 Å². The van der Waals surface area contributed by atoms with E-state index < -0.39 is 0 Å². The van der Waals surface area contributed by atoms with Crippen LogP contribution in [-0.2, 0) is 11.2 Å². The largest absolute Gasteiger partial charge is 0.441 e. The molecule has 0 radical (unpaired) electrons. The lowest BCUT2D eigenvalue weighted by atomic mass is 9.92. The number of hydrogen-bond donors (Lipinski definition) is 1. The van der Waals surface area contributed by atoms with Crippen LogP contribution in [0.15, 0.2) is 28.8 Å². The maximum Gasteiger partial charge on any atom is 0.223 e. The van der Waals surface area contributed by atoms with Gasteiger partial charge in [0.15, 0.2) is 11.7 Å². The summed E-state index contributed by atoms with van der Waals surface area (Å²) in [6, 6.07) is 5.32. The van der Waals surface area contributed by atoms with Gasteiger partial charge in [-0.25, -0.2) is 4.98 Å². The molecule has 26 heavy (non-hydrogen) atoms. The molecule has 1 aromatic carbocycles. The van der Waals surface area contributed by atoms with Crippen molar-refractivity contribution in [2.75, 3.05) is 13.1 Å². The second-order valence-corrected chi connectivity index (χ2v) is 7.69. The highest BCUT2D eigenvalue weighted by Gasteiger charge is 2.25. The summed E-state index contributed by atoms with van der Waals surface area (Å²) in [6.45, 7) is 3.56. The van der Waals surface area contributed by atoms with Crippen molar-refractivity contribution in [2.45, 2.75) is 38.6 Å². The zero-order valence-electron chi connectivity index (χ0n) is 14.8. The molecule has 2 aromatic rings. The van der Waals surface area contributed by atoms with Gasteiger partial charge in [0, 0.05) is 42.6 Å². The minimum Gasteiger partial charge on any atom is -0.441 e. The second kappa shape index (κ2) is 8.42. The molecule has 0 aliphatic carbocycles. The first-order valence-electron chi connectivity index (χ1n) is 8.87. The highest BCUT2D eigenvalue weighted by molar-refractivity contribution is 6.36. The number of aromatic nitrogens is 1. The molecule has 2 unspecified atom stereocenters. The molecule has 1 aliphatic rings. The molecule has 2 atom stereocenters. The van der Waals surface area contributed by atoms with Crippen molar-refractivity contribution in [3.8, 4) is 11.3 Å². The van der Waals surface area contributed by atoms with Crippen LogP contribution in [0.4, 0.5) is 0 Å². The molecule has 2 N–H and O–H groups in total. The van der Waals surface area contributed by atoms with Crippen LogP contribution in [0.5, 0.6) is 0 Å². The summed E-state index contributed by atoms with van der Waals surface area (Å²) < 4.78 is 5.76. The molecule has 0 saturated carbocycles. The third-order valence-electron chi connectivity index (χ3n) is 4.86. The summed E-state index contributed by atoms with van der Waals surface area (Å²) in [7, 11) is 0. The van der Waals surface area contributed by atoms with Crippen LogP contribution < -0.4 is 5.73 Å². The molecule has 1 fully saturated rings. The molecule has 1 aliphatic heterocycles. The van der Waals surface area contributed by atoms with Crippen molar-refractivity contribution in [3.05, 3.63) is 40.3 Å². The zero-order valence-corrected chi connectivity index (χ0v) is 16.3. The Kier molecular flexibility index (Phi) is 6.22. The molecular weight excluding hydrogens is 373 g/mol. The van der Waals surface area contributed by atoms with Crippen molar-refractivity contribution in [2.24, 2.45) is 11.7 Å². The van der Waals surface area contributed by atoms with E-state index in [0.717, 1.165) is 31.5 Å². The van der Waals surface area contributed by atoms with E-state index in [1.54, 1.807) is 24.4 Å². The monoisotopic (exact) mass is 395 g/mol. The fraction of sp³-hybridized carbons (Fsp3) is 0.474. The summed E-state index contributed by atoms with van der Waals surface area (Å²) in [5.41, 5.74) is 6.73. The number of amides is 1. The Labute approximate surface area is 163 Å². The standard InChI is InChI=1S/C19H23Cl2N3O2/c1-12(22)13-3-2-8-24(11-13)19(25)7-6-18-23-10-17(26-18)15-5-4-14(20)9-16(15)21/h4-5,9-10,12-13H,2-3,6-8,11,22H2,1H3. The van der Waals surface area contributed by atoms with E-state index in [2.05, 4.69) is 4.98 Å². The van der Waals surface area contributed by atoms with Crippen molar-refractivity contribution in [1.29, 1.82) is 0 Å². The summed E-state index contributed by atoms with van der Waals surface area (Å²) in [4.78, 5) is 18.7. The van der Waals surface area contributed by atoms with E-state index in [9.17, 15) is 4.79 Å². The van der Waals surface area contributed by atoms with Gasteiger partial charge in [-0.1, -0.05) is 23.2 Å². The molecule has 5 nitrogen and oxygen atoms in total. The fourth-order valence-electron chi connectivity index (χ4n) is 3.28. The number of nitrogens with zero attached hydrogens (tertiary/aromatic N) is 2. The number of carbonyl (C=O) groups is 1. The average molecular weight is 396 g/mol. The molecule has 140 valence electrons. The van der Waals surface area contributed by atoms with E-state index in [0.29, 0.717) is 40.5 Å². The number of benzene rings is 1. The van der Waals surface area contributed by atoms with Crippen LogP contribution >= 0.6 is 23.2 Å². The van der Waals surface area contributed by atoms with Crippen LogP contribution in [0.3, 0.4) is 0 Å². The van der Waals surface area contributed by atoms with Gasteiger partial charge in [0.05, 0.1) is 11.2 Å². The number of oxazole rings is 1. The lowest BCUT2D eigenvalue weighted by Crippen LogP contribution is -2.45. The number of rotatable bonds is 5. The molecule has 2 heterocycles. The first kappa shape index (κ1) is 19.2. The lowest BCUT2D eigenvalue weighted by molar-refractivity contribution is -0.133. The lowest BCUT2D eigenvalue weighted by Gasteiger charge is -2.34. The van der Waals surface area contributed by atoms with Gasteiger partial charge >= 0.3 is 0 Å². The Morgan fingerprint density at radius 2 is 2.27 bits per heavy atom. The number of piperidine rings is 1. The Morgan fingerprint density at radius 1 is 1.46 bits per heavy atom. The smallest absolute Gasteiger partial charge is 0.223 e. The minimum absolute atomic E-state index is 0.115. The van der Waals surface area contributed by atoms with Crippen LogP contribution in [0, 0.1) is 5.92 Å². The van der Waals surface area contributed by atoms with E-state index in [1.165, 1.54) is 0 Å². The molecule has 0 bridgehead atoms. The van der Waals surface area contributed by atoms with Gasteiger partial charge < -0.3 is 15.1 Å². The predicted octanol–water partition coefficient (Wildman–Crippen LogP) is 4.17. The third-order valence-corrected chi connectivity index (χ3v) is 5.40. The van der Waals surface area contributed by atoms with Crippen LogP contribution in [-0.4, -0.2) is 34.9 Å². The minimum atomic E-state index is 0.115. The number of hydrogen-bond acceptors (Lipinski definition) is 4. The van der Waals surface area contributed by atoms with Crippen LogP contribution in [0.1, 0.15) is 32.1 Å². The van der Waals surface area contributed by atoms with E-state index in [1.807, 2.05) is 11.8 Å². The Balaban J connectivity index is 1.58. The molecule has 7 heteroatoms. The van der Waals surface area contributed by atoms with Crippen molar-refractivity contribution < 1.29 is 9.21 Å². The predicted molar refractivity (Wildman–Crippen MR) is 103 cm³/mol. The topological polar surface area (TPSA) is 72.4 Å². The number of halogens is 2. The van der Waals surface area contributed by atoms with Gasteiger partial charge in [0.25, 0.3) is 0 Å². The number of carbonyl (C=O) groups excluding carboxylic acids is 1. The van der Waals surface area contributed by atoms with Gasteiger partial charge in [-0.3, -0.25) is 4.79 Å². The Hall–Kier alpha value is -1.56. The van der Waals surface area contributed by atoms with Gasteiger partial charge in [-0.15, -0.1) is 0 Å². The fourth-order valence-corrected chi connectivity index (χ4v) is 3.78. The maximum atomic E-state index is 12.5. The molecule has 1 saturated heterocycles. The van der Waals surface area contributed by atoms with Crippen LogP contribution in [0.25, 0.3) is 11.3 Å². The number of nitrogens with two attached hydrogens (primary N) is 1. The molecule has 1 aromatic heterocycles. The van der Waals surface area contributed by atoms with E-state index in [-0.39, 0.29) is 11.9 Å². The van der Waals surface area contributed by atoms with Crippen molar-refractivity contribution in [1.82, 2.24) is 9.88 Å². The van der Waals surface area contributed by atoms with E-state index in [4.69, 9.17) is 33.4 Å². The summed E-state index contributed by atoms with van der Waals surface area (Å²) in [5, 5.41) is 1.07. The third kappa shape index (κ3) is 4.58. The molecule has 1 amide bonds. The van der Waals surface area contributed by atoms with Gasteiger partial charge in [-0.05, 0) is 43.9 Å². The van der Waals surface area contributed by atoms with Gasteiger partial charge in [0.1, 0.15) is 0 Å². The number of aryl methyl sites for hydroxylation is 1. The Bertz CT molecular complexity index is 776. The van der Waals surface area contributed by atoms with Crippen molar-refractivity contribution in [3.63, 3.8) is 0 Å². The summed E-state index contributed by atoms with van der Waals surface area (Å²) in [5.74, 6) is 1.61. The number of likely N-dealkylation sites (tertiary alicyclic amines) is 1. The summed E-state index contributed by atoms with van der Waals surface area (Å²) >= 11 is 12.1. The summed E-state index contributed by atoms with van der Waals surface area (Å²) in [6.07, 6.45) is 4.56. The average Bonchev–Trinajstić information content (AvgIpc) is 3.08. The second-order valence-electron chi connectivity index (χ2n) is 6.84. The van der Waals surface area contributed by atoms with Crippen LogP contribution in [0.2, 0.25) is 10.0 Å². The highest BCUT2D eigenvalue weighted by atomic mass is 35.5. The van der Waals surface area contributed by atoms with E-state index >= 15 is 0 Å². The maximum absolute atomic E-state index is 12.5. The molecule has 0 spiro atoms. The first-order chi connectivity index (χ1) is 12.4. The quantitative estimate of drug-likeness (QED) is 0.824. The SMILES string of the molecule is CC(N)C1CCCN(C(=O)CCc2ncc(-c3ccc(Cl)cc3Cl)o2)C1. The first-order valence-corrected chi connectivity index (χ1v) is 9.63.